The lowest BCUT2D eigenvalue weighted by Gasteiger charge is -2.02. The monoisotopic (exact) mass is 127 g/mol. The van der Waals surface area contributed by atoms with Gasteiger partial charge in [-0.25, -0.2) is 0 Å². The molecule has 0 bridgehead atoms. The molecule has 1 atom stereocenters. The van der Waals surface area contributed by atoms with Crippen molar-refractivity contribution in [3.8, 4) is 0 Å². The van der Waals surface area contributed by atoms with E-state index >= 15 is 0 Å². The van der Waals surface area contributed by atoms with E-state index in [9.17, 15) is 4.79 Å². The van der Waals surface area contributed by atoms with Crippen LogP contribution in [0.25, 0.3) is 0 Å². The first-order valence-electron chi connectivity index (χ1n) is 3.49. The van der Waals surface area contributed by atoms with E-state index in [1.54, 1.807) is 0 Å². The van der Waals surface area contributed by atoms with Gasteiger partial charge in [-0.2, -0.15) is 0 Å². The van der Waals surface area contributed by atoms with Crippen LogP contribution in [0.4, 0.5) is 0 Å². The predicted octanol–water partition coefficient (Wildman–Crippen LogP) is 0.908. The van der Waals surface area contributed by atoms with Gasteiger partial charge in [0.15, 0.2) is 0 Å². The molecular formula is C7H13NO. The van der Waals surface area contributed by atoms with Gasteiger partial charge in [-0.05, 0) is 12.3 Å². The van der Waals surface area contributed by atoms with E-state index < -0.39 is 0 Å². The first-order chi connectivity index (χ1) is 4.20. The molecule has 1 aliphatic rings. The molecule has 0 aromatic carbocycles. The normalized spacial score (nSPS) is 21.4. The number of rotatable bonds is 3. The zero-order valence-corrected chi connectivity index (χ0v) is 5.76. The van der Waals surface area contributed by atoms with Gasteiger partial charge in [-0.1, -0.05) is 19.8 Å². The molecule has 0 saturated heterocycles. The van der Waals surface area contributed by atoms with Crippen molar-refractivity contribution in [2.75, 3.05) is 0 Å². The maximum Gasteiger partial charge on any atom is 0.220 e. The highest BCUT2D eigenvalue weighted by Gasteiger charge is 2.25. The molecule has 2 nitrogen and oxygen atoms in total. The van der Waals surface area contributed by atoms with Gasteiger partial charge in [0.1, 0.15) is 0 Å². The van der Waals surface area contributed by atoms with Crippen LogP contribution in [0.15, 0.2) is 0 Å². The van der Waals surface area contributed by atoms with Crippen LogP contribution in [0.1, 0.15) is 26.2 Å². The van der Waals surface area contributed by atoms with Gasteiger partial charge in [0.25, 0.3) is 0 Å². The molecule has 0 heterocycles. The lowest BCUT2D eigenvalue weighted by Crippen LogP contribution is -2.20. The Labute approximate surface area is 55.4 Å². The van der Waals surface area contributed by atoms with E-state index in [0.717, 1.165) is 12.3 Å². The second kappa shape index (κ2) is 2.38. The number of hydrogen-bond acceptors (Lipinski definition) is 1. The van der Waals surface area contributed by atoms with Crippen molar-refractivity contribution in [2.24, 2.45) is 17.6 Å². The molecule has 52 valence electrons. The summed E-state index contributed by atoms with van der Waals surface area (Å²) in [5.74, 6) is 0.756. The zero-order valence-electron chi connectivity index (χ0n) is 5.76. The topological polar surface area (TPSA) is 43.1 Å². The van der Waals surface area contributed by atoms with Crippen molar-refractivity contribution in [3.63, 3.8) is 0 Å². The third kappa shape index (κ3) is 2.04. The lowest BCUT2D eigenvalue weighted by molar-refractivity contribution is -0.121. The Morgan fingerprint density at radius 2 is 2.33 bits per heavy atom. The van der Waals surface area contributed by atoms with Crippen molar-refractivity contribution >= 4 is 5.91 Å². The minimum absolute atomic E-state index is 0.0949. The van der Waals surface area contributed by atoms with E-state index in [-0.39, 0.29) is 11.8 Å². The molecule has 2 N–H and O–H groups in total. The summed E-state index contributed by atoms with van der Waals surface area (Å²) in [6, 6.07) is 0. The van der Waals surface area contributed by atoms with Crippen LogP contribution in [0.5, 0.6) is 0 Å². The molecule has 0 radical (unpaired) electrons. The second-order valence-corrected chi connectivity index (χ2v) is 2.98. The minimum atomic E-state index is -0.151. The Balaban J connectivity index is 2.16. The smallest absolute Gasteiger partial charge is 0.220 e. The van der Waals surface area contributed by atoms with Crippen LogP contribution in [0, 0.1) is 11.8 Å². The fourth-order valence-corrected chi connectivity index (χ4v) is 0.970. The lowest BCUT2D eigenvalue weighted by atomic mass is 10.0. The van der Waals surface area contributed by atoms with Gasteiger partial charge in [0.2, 0.25) is 5.91 Å². The molecule has 1 rings (SSSR count). The van der Waals surface area contributed by atoms with Crippen molar-refractivity contribution in [2.45, 2.75) is 26.2 Å². The van der Waals surface area contributed by atoms with Crippen molar-refractivity contribution in [1.29, 1.82) is 0 Å². The summed E-state index contributed by atoms with van der Waals surface area (Å²) in [6.45, 7) is 1.90. The summed E-state index contributed by atoms with van der Waals surface area (Å²) in [7, 11) is 0. The molecule has 2 heteroatoms. The van der Waals surface area contributed by atoms with Crippen LogP contribution in [-0.4, -0.2) is 5.91 Å². The van der Waals surface area contributed by atoms with Crippen LogP contribution >= 0.6 is 0 Å². The van der Waals surface area contributed by atoms with Crippen LogP contribution in [0.3, 0.4) is 0 Å². The number of hydrogen-bond donors (Lipinski definition) is 1. The highest BCUT2D eigenvalue weighted by molar-refractivity contribution is 5.76. The Morgan fingerprint density at radius 1 is 1.78 bits per heavy atom. The summed E-state index contributed by atoms with van der Waals surface area (Å²) >= 11 is 0. The van der Waals surface area contributed by atoms with E-state index in [4.69, 9.17) is 5.73 Å². The summed E-state index contributed by atoms with van der Waals surface area (Å²) in [4.78, 5) is 10.5. The number of carbonyl (C=O) groups excluding carboxylic acids is 1. The number of carbonyl (C=O) groups is 1. The Hall–Kier alpha value is -0.530. The zero-order chi connectivity index (χ0) is 6.85. The highest BCUT2D eigenvalue weighted by Crippen LogP contribution is 2.34. The summed E-state index contributed by atoms with van der Waals surface area (Å²) in [5.41, 5.74) is 5.07. The molecule has 0 aromatic rings. The van der Waals surface area contributed by atoms with Crippen LogP contribution in [-0.2, 0) is 4.79 Å². The van der Waals surface area contributed by atoms with Gasteiger partial charge < -0.3 is 5.73 Å². The summed E-state index contributed by atoms with van der Waals surface area (Å²) in [5, 5.41) is 0. The molecule has 0 aromatic heterocycles. The molecule has 1 aliphatic carbocycles. The maximum atomic E-state index is 10.5. The van der Waals surface area contributed by atoms with Crippen molar-refractivity contribution < 1.29 is 4.79 Å². The molecule has 1 amide bonds. The average Bonchev–Trinajstić information content (AvgIpc) is 2.50. The first-order valence-corrected chi connectivity index (χ1v) is 3.49. The first kappa shape index (κ1) is 6.59. The van der Waals surface area contributed by atoms with Crippen LogP contribution < -0.4 is 5.73 Å². The third-order valence-electron chi connectivity index (χ3n) is 1.87. The van der Waals surface area contributed by atoms with Crippen molar-refractivity contribution in [1.82, 2.24) is 0 Å². The Bertz CT molecular complexity index is 118. The highest BCUT2D eigenvalue weighted by atomic mass is 16.1. The molecule has 1 saturated carbocycles. The Kier molecular flexibility index (Phi) is 1.74. The van der Waals surface area contributed by atoms with Gasteiger partial charge in [0.05, 0.1) is 0 Å². The van der Waals surface area contributed by atoms with E-state index in [2.05, 4.69) is 0 Å². The summed E-state index contributed by atoms with van der Waals surface area (Å²) in [6.07, 6.45) is 3.62. The van der Waals surface area contributed by atoms with Crippen LogP contribution in [0.2, 0.25) is 0 Å². The number of amides is 1. The molecule has 0 aliphatic heterocycles. The minimum Gasteiger partial charge on any atom is -0.369 e. The van der Waals surface area contributed by atoms with Gasteiger partial charge >= 0.3 is 0 Å². The third-order valence-corrected chi connectivity index (χ3v) is 1.87. The fraction of sp³-hybridized carbons (Fsp3) is 0.857. The number of nitrogens with two attached hydrogens (primary N) is 1. The molecular weight excluding hydrogens is 114 g/mol. The maximum absolute atomic E-state index is 10.5. The largest absolute Gasteiger partial charge is 0.369 e. The van der Waals surface area contributed by atoms with E-state index in [0.29, 0.717) is 0 Å². The predicted molar refractivity (Wildman–Crippen MR) is 35.7 cm³/mol. The molecule has 9 heavy (non-hydrogen) atoms. The quantitative estimate of drug-likeness (QED) is 0.601. The van der Waals surface area contributed by atoms with E-state index in [1.807, 2.05) is 6.92 Å². The number of primary amides is 1. The Morgan fingerprint density at radius 3 is 2.67 bits per heavy atom. The average molecular weight is 127 g/mol. The van der Waals surface area contributed by atoms with E-state index in [1.165, 1.54) is 12.8 Å². The fourth-order valence-electron chi connectivity index (χ4n) is 0.970. The summed E-state index contributed by atoms with van der Waals surface area (Å²) < 4.78 is 0. The SMILES string of the molecule is C[C@H](CC1CC1)C(N)=O. The van der Waals surface area contributed by atoms with Crippen molar-refractivity contribution in [3.05, 3.63) is 0 Å². The van der Waals surface area contributed by atoms with Gasteiger partial charge in [0, 0.05) is 5.92 Å². The molecule has 1 fully saturated rings. The second-order valence-electron chi connectivity index (χ2n) is 2.98. The molecule has 0 spiro atoms. The molecule has 0 unspecified atom stereocenters. The standard InChI is InChI=1S/C7H13NO/c1-5(7(8)9)4-6-2-3-6/h5-6H,2-4H2,1H3,(H2,8,9)/t5-/m1/s1. The van der Waals surface area contributed by atoms with Gasteiger partial charge in [-0.3, -0.25) is 4.79 Å². The van der Waals surface area contributed by atoms with Gasteiger partial charge in [-0.15, -0.1) is 0 Å².